The fourth-order valence-electron chi connectivity index (χ4n) is 1.58. The van der Waals surface area contributed by atoms with E-state index in [1.54, 1.807) is 6.33 Å². The summed E-state index contributed by atoms with van der Waals surface area (Å²) in [5.41, 5.74) is 2.22. The number of benzene rings is 1. The van der Waals surface area contributed by atoms with Crippen molar-refractivity contribution in [2.45, 2.75) is 26.3 Å². The van der Waals surface area contributed by atoms with Crippen molar-refractivity contribution < 1.29 is 0 Å². The van der Waals surface area contributed by atoms with E-state index in [4.69, 9.17) is 11.6 Å². The van der Waals surface area contributed by atoms with E-state index >= 15 is 0 Å². The van der Waals surface area contributed by atoms with Gasteiger partial charge in [0.1, 0.15) is 12.1 Å². The van der Waals surface area contributed by atoms with Crippen LogP contribution in [0.4, 0.5) is 5.82 Å². The maximum atomic E-state index is 5.84. The Morgan fingerprint density at radius 3 is 2.56 bits per heavy atom. The van der Waals surface area contributed by atoms with Gasteiger partial charge >= 0.3 is 0 Å². The Morgan fingerprint density at radius 2 is 1.89 bits per heavy atom. The lowest BCUT2D eigenvalue weighted by molar-refractivity contribution is 0.814. The average molecular weight is 262 g/mol. The van der Waals surface area contributed by atoms with Crippen LogP contribution in [0.3, 0.4) is 0 Å². The van der Waals surface area contributed by atoms with Crippen LogP contribution in [0.25, 0.3) is 0 Å². The largest absolute Gasteiger partial charge is 0.366 e. The molecular weight excluding hydrogens is 246 g/mol. The Kier molecular flexibility index (Phi) is 4.15. The third-order valence-electron chi connectivity index (χ3n) is 2.67. The Morgan fingerprint density at radius 1 is 1.17 bits per heavy atom. The molecule has 0 aliphatic carbocycles. The van der Waals surface area contributed by atoms with Crippen molar-refractivity contribution in [2.75, 3.05) is 5.32 Å². The van der Waals surface area contributed by atoms with Gasteiger partial charge in [-0.3, -0.25) is 0 Å². The van der Waals surface area contributed by atoms with Gasteiger partial charge in [-0.05, 0) is 23.6 Å². The lowest BCUT2D eigenvalue weighted by Gasteiger charge is -2.08. The Bertz CT molecular complexity index is 509. The first-order valence-electron chi connectivity index (χ1n) is 5.95. The molecule has 1 heterocycles. The van der Waals surface area contributed by atoms with Crippen LogP contribution in [0.15, 0.2) is 36.7 Å². The SMILES string of the molecule is CC(C)c1cc(NCc2ccc(Cl)cc2)ncn1. The van der Waals surface area contributed by atoms with E-state index in [1.807, 2.05) is 30.3 Å². The smallest absolute Gasteiger partial charge is 0.129 e. The third kappa shape index (κ3) is 3.44. The highest BCUT2D eigenvalue weighted by atomic mass is 35.5. The van der Waals surface area contributed by atoms with Gasteiger partial charge in [-0.1, -0.05) is 37.6 Å². The zero-order valence-electron chi connectivity index (χ0n) is 10.5. The van der Waals surface area contributed by atoms with Gasteiger partial charge in [-0.2, -0.15) is 0 Å². The van der Waals surface area contributed by atoms with Gasteiger partial charge in [0, 0.05) is 23.3 Å². The predicted molar refractivity (Wildman–Crippen MR) is 74.9 cm³/mol. The maximum absolute atomic E-state index is 5.84. The molecule has 0 aliphatic heterocycles. The number of halogens is 1. The van der Waals surface area contributed by atoms with Crippen LogP contribution in [0.5, 0.6) is 0 Å². The van der Waals surface area contributed by atoms with Crippen LogP contribution in [-0.4, -0.2) is 9.97 Å². The zero-order chi connectivity index (χ0) is 13.0. The van der Waals surface area contributed by atoms with Crippen LogP contribution in [0, 0.1) is 0 Å². The first-order chi connectivity index (χ1) is 8.65. The molecule has 4 heteroatoms. The molecule has 0 radical (unpaired) electrons. The van der Waals surface area contributed by atoms with Crippen molar-refractivity contribution in [3.8, 4) is 0 Å². The second kappa shape index (κ2) is 5.83. The normalized spacial score (nSPS) is 10.7. The molecule has 94 valence electrons. The second-order valence-corrected chi connectivity index (χ2v) is 4.90. The van der Waals surface area contributed by atoms with Crippen molar-refractivity contribution in [3.05, 3.63) is 52.9 Å². The van der Waals surface area contributed by atoms with E-state index in [2.05, 4.69) is 29.1 Å². The van der Waals surface area contributed by atoms with Gasteiger partial charge < -0.3 is 5.32 Å². The topological polar surface area (TPSA) is 37.8 Å². The van der Waals surface area contributed by atoms with E-state index in [0.717, 1.165) is 23.1 Å². The number of nitrogens with one attached hydrogen (secondary N) is 1. The highest BCUT2D eigenvalue weighted by Crippen LogP contribution is 2.15. The summed E-state index contributed by atoms with van der Waals surface area (Å²) in [5, 5.41) is 4.03. The summed E-state index contributed by atoms with van der Waals surface area (Å²) < 4.78 is 0. The summed E-state index contributed by atoms with van der Waals surface area (Å²) in [6.45, 7) is 4.96. The lowest BCUT2D eigenvalue weighted by atomic mass is 10.1. The first kappa shape index (κ1) is 12.8. The number of anilines is 1. The van der Waals surface area contributed by atoms with Gasteiger partial charge in [-0.15, -0.1) is 0 Å². The molecule has 2 rings (SSSR count). The number of aromatic nitrogens is 2. The summed E-state index contributed by atoms with van der Waals surface area (Å²) in [6.07, 6.45) is 1.60. The number of hydrogen-bond acceptors (Lipinski definition) is 3. The molecule has 0 bridgehead atoms. The summed E-state index contributed by atoms with van der Waals surface area (Å²) in [6, 6.07) is 9.76. The molecule has 0 fully saturated rings. The predicted octanol–water partition coefficient (Wildman–Crippen LogP) is 3.87. The molecule has 1 N–H and O–H groups in total. The molecule has 18 heavy (non-hydrogen) atoms. The minimum Gasteiger partial charge on any atom is -0.366 e. The third-order valence-corrected chi connectivity index (χ3v) is 2.92. The van der Waals surface area contributed by atoms with Crippen LogP contribution in [-0.2, 0) is 6.54 Å². The number of rotatable bonds is 4. The molecule has 0 unspecified atom stereocenters. The monoisotopic (exact) mass is 261 g/mol. The molecule has 0 saturated carbocycles. The van der Waals surface area contributed by atoms with Crippen LogP contribution in [0.2, 0.25) is 5.02 Å². The van der Waals surface area contributed by atoms with E-state index in [-0.39, 0.29) is 0 Å². The maximum Gasteiger partial charge on any atom is 0.129 e. The summed E-state index contributed by atoms with van der Waals surface area (Å²) in [7, 11) is 0. The van der Waals surface area contributed by atoms with Crippen molar-refractivity contribution >= 4 is 17.4 Å². The molecule has 1 aromatic heterocycles. The fraction of sp³-hybridized carbons (Fsp3) is 0.286. The van der Waals surface area contributed by atoms with Crippen LogP contribution >= 0.6 is 11.6 Å². The van der Waals surface area contributed by atoms with Gasteiger partial charge in [-0.25, -0.2) is 9.97 Å². The van der Waals surface area contributed by atoms with Gasteiger partial charge in [0.25, 0.3) is 0 Å². The standard InChI is InChI=1S/C14H16ClN3/c1-10(2)13-7-14(18-9-17-13)16-8-11-3-5-12(15)6-4-11/h3-7,9-10H,8H2,1-2H3,(H,16,17,18). The van der Waals surface area contributed by atoms with Crippen molar-refractivity contribution in [3.63, 3.8) is 0 Å². The lowest BCUT2D eigenvalue weighted by Crippen LogP contribution is -2.03. The van der Waals surface area contributed by atoms with Crippen LogP contribution < -0.4 is 5.32 Å². The Labute approximate surface area is 112 Å². The molecule has 0 amide bonds. The van der Waals surface area contributed by atoms with Crippen molar-refractivity contribution in [1.82, 2.24) is 9.97 Å². The van der Waals surface area contributed by atoms with Crippen molar-refractivity contribution in [1.29, 1.82) is 0 Å². The second-order valence-electron chi connectivity index (χ2n) is 4.46. The molecule has 0 atom stereocenters. The number of hydrogen-bond donors (Lipinski definition) is 1. The summed E-state index contributed by atoms with van der Waals surface area (Å²) >= 11 is 5.84. The van der Waals surface area contributed by atoms with E-state index in [9.17, 15) is 0 Å². The highest BCUT2D eigenvalue weighted by Gasteiger charge is 2.02. The quantitative estimate of drug-likeness (QED) is 0.908. The molecular formula is C14H16ClN3. The Hall–Kier alpha value is -1.61. The van der Waals surface area contributed by atoms with Crippen molar-refractivity contribution in [2.24, 2.45) is 0 Å². The fourth-order valence-corrected chi connectivity index (χ4v) is 1.71. The molecule has 0 spiro atoms. The zero-order valence-corrected chi connectivity index (χ0v) is 11.3. The molecule has 3 nitrogen and oxygen atoms in total. The molecule has 1 aromatic carbocycles. The van der Waals surface area contributed by atoms with Gasteiger partial charge in [0.15, 0.2) is 0 Å². The van der Waals surface area contributed by atoms with E-state index in [0.29, 0.717) is 5.92 Å². The first-order valence-corrected chi connectivity index (χ1v) is 6.33. The summed E-state index contributed by atoms with van der Waals surface area (Å²) in [5.74, 6) is 1.26. The van der Waals surface area contributed by atoms with Gasteiger partial charge in [0.2, 0.25) is 0 Å². The molecule has 0 aliphatic rings. The minimum absolute atomic E-state index is 0.407. The minimum atomic E-state index is 0.407. The summed E-state index contributed by atoms with van der Waals surface area (Å²) in [4.78, 5) is 8.44. The average Bonchev–Trinajstić information content (AvgIpc) is 2.38. The number of nitrogens with zero attached hydrogens (tertiary/aromatic N) is 2. The Balaban J connectivity index is 2.01. The van der Waals surface area contributed by atoms with Crippen LogP contribution in [0.1, 0.15) is 31.0 Å². The van der Waals surface area contributed by atoms with E-state index < -0.39 is 0 Å². The van der Waals surface area contributed by atoms with Gasteiger partial charge in [0.05, 0.1) is 0 Å². The van der Waals surface area contributed by atoms with E-state index in [1.165, 1.54) is 5.56 Å². The molecule has 0 saturated heterocycles. The molecule has 2 aromatic rings. The highest BCUT2D eigenvalue weighted by molar-refractivity contribution is 6.30.